The minimum Gasteiger partial charge on any atom is -0.379 e. The first-order chi connectivity index (χ1) is 11.3. The van der Waals surface area contributed by atoms with Gasteiger partial charge < -0.3 is 4.74 Å². The van der Waals surface area contributed by atoms with E-state index in [1.807, 2.05) is 30.3 Å². The van der Waals surface area contributed by atoms with Gasteiger partial charge in [-0.25, -0.2) is 0 Å². The van der Waals surface area contributed by atoms with Gasteiger partial charge in [0.2, 0.25) is 0 Å². The van der Waals surface area contributed by atoms with E-state index in [1.165, 1.54) is 0 Å². The van der Waals surface area contributed by atoms with Gasteiger partial charge in [0.05, 0.1) is 13.2 Å². The van der Waals surface area contributed by atoms with E-state index in [1.54, 1.807) is 23.1 Å². The molecule has 4 rings (SSSR count). The van der Waals surface area contributed by atoms with E-state index in [4.69, 9.17) is 4.74 Å². The van der Waals surface area contributed by atoms with Crippen LogP contribution in [-0.4, -0.2) is 37.1 Å². The fourth-order valence-electron chi connectivity index (χ4n) is 2.77. The average molecular weight is 343 g/mol. The lowest BCUT2D eigenvalue weighted by atomic mass is 10.2. The largest absolute Gasteiger partial charge is 0.379 e. The van der Waals surface area contributed by atoms with Gasteiger partial charge in [0, 0.05) is 44.0 Å². The molecule has 23 heavy (non-hydrogen) atoms. The van der Waals surface area contributed by atoms with Gasteiger partial charge in [0.1, 0.15) is 0 Å². The Balaban J connectivity index is 1.65. The highest BCUT2D eigenvalue weighted by Gasteiger charge is 2.11. The molecule has 118 valence electrons. The molecule has 1 aromatic heterocycles. The van der Waals surface area contributed by atoms with E-state index in [0.29, 0.717) is 0 Å². The molecule has 3 aromatic rings. The number of hydrogen-bond acceptors (Lipinski definition) is 5. The second-order valence-electron chi connectivity index (χ2n) is 5.59. The Morgan fingerprint density at radius 2 is 1.83 bits per heavy atom. The molecule has 0 radical (unpaired) electrons. The van der Waals surface area contributed by atoms with E-state index < -0.39 is 0 Å². The molecule has 2 aromatic carbocycles. The summed E-state index contributed by atoms with van der Waals surface area (Å²) in [6, 6.07) is 14.1. The van der Waals surface area contributed by atoms with E-state index in [2.05, 4.69) is 17.0 Å². The molecule has 1 fully saturated rings. The molecule has 1 saturated heterocycles. The fraction of sp³-hybridized carbons (Fsp3) is 0.278. The summed E-state index contributed by atoms with van der Waals surface area (Å²) >= 11 is 3.48. The summed E-state index contributed by atoms with van der Waals surface area (Å²) in [6.07, 6.45) is 0. The van der Waals surface area contributed by atoms with Gasteiger partial charge in [-0.15, -0.1) is 23.1 Å². The Kier molecular flexibility index (Phi) is 4.35. The SMILES string of the molecule is O=c1c2ccccc2sc2ccc(SCN3CCOCC3)cc12. The van der Waals surface area contributed by atoms with Crippen molar-refractivity contribution in [2.24, 2.45) is 0 Å². The summed E-state index contributed by atoms with van der Waals surface area (Å²) in [5.41, 5.74) is 0.142. The minimum atomic E-state index is 0.142. The molecule has 0 spiro atoms. The molecule has 1 aliphatic heterocycles. The zero-order chi connectivity index (χ0) is 15.6. The summed E-state index contributed by atoms with van der Waals surface area (Å²) < 4.78 is 7.49. The second-order valence-corrected chi connectivity index (χ2v) is 7.69. The van der Waals surface area contributed by atoms with E-state index >= 15 is 0 Å². The van der Waals surface area contributed by atoms with Crippen LogP contribution >= 0.6 is 23.1 Å². The molecule has 0 saturated carbocycles. The maximum Gasteiger partial charge on any atom is 0.195 e. The van der Waals surface area contributed by atoms with E-state index in [9.17, 15) is 4.79 Å². The minimum absolute atomic E-state index is 0.142. The summed E-state index contributed by atoms with van der Waals surface area (Å²) in [5, 5.41) is 1.65. The van der Waals surface area contributed by atoms with Crippen molar-refractivity contribution in [3.63, 3.8) is 0 Å². The van der Waals surface area contributed by atoms with Crippen LogP contribution in [0.2, 0.25) is 0 Å². The highest BCUT2D eigenvalue weighted by Crippen LogP contribution is 2.28. The van der Waals surface area contributed by atoms with Crippen LogP contribution < -0.4 is 5.43 Å². The standard InChI is InChI=1S/C18H17NO2S2/c20-18-14-3-1-2-4-16(14)23-17-6-5-13(11-15(17)18)22-12-19-7-9-21-10-8-19/h1-6,11H,7-10,12H2. The Bertz CT molecular complexity index is 900. The maximum atomic E-state index is 12.7. The Morgan fingerprint density at radius 3 is 2.70 bits per heavy atom. The second kappa shape index (κ2) is 6.61. The lowest BCUT2D eigenvalue weighted by molar-refractivity contribution is 0.0474. The summed E-state index contributed by atoms with van der Waals surface area (Å²) in [6.45, 7) is 3.60. The lowest BCUT2D eigenvalue weighted by Crippen LogP contribution is -2.35. The van der Waals surface area contributed by atoms with Crippen LogP contribution in [0.4, 0.5) is 0 Å². The van der Waals surface area contributed by atoms with E-state index in [-0.39, 0.29) is 5.43 Å². The predicted molar refractivity (Wildman–Crippen MR) is 98.7 cm³/mol. The number of morpholine rings is 1. The third-order valence-electron chi connectivity index (χ3n) is 4.06. The monoisotopic (exact) mass is 343 g/mol. The number of thioether (sulfide) groups is 1. The predicted octanol–water partition coefficient (Wildman–Crippen LogP) is 3.80. The van der Waals surface area contributed by atoms with Crippen molar-refractivity contribution in [1.29, 1.82) is 0 Å². The van der Waals surface area contributed by atoms with Crippen LogP contribution in [-0.2, 0) is 4.74 Å². The van der Waals surface area contributed by atoms with Crippen LogP contribution in [0.15, 0.2) is 52.2 Å². The molecular formula is C18H17NO2S2. The van der Waals surface area contributed by atoms with Gasteiger partial charge in [-0.2, -0.15) is 0 Å². The highest BCUT2D eigenvalue weighted by molar-refractivity contribution is 7.99. The quantitative estimate of drug-likeness (QED) is 0.534. The van der Waals surface area contributed by atoms with Crippen LogP contribution in [0.3, 0.4) is 0 Å². The molecule has 1 aliphatic rings. The molecule has 0 amide bonds. The zero-order valence-electron chi connectivity index (χ0n) is 12.7. The van der Waals surface area contributed by atoms with Crippen molar-refractivity contribution in [1.82, 2.24) is 4.90 Å². The number of ether oxygens (including phenoxy) is 1. The van der Waals surface area contributed by atoms with Crippen molar-refractivity contribution in [2.75, 3.05) is 32.2 Å². The first-order valence-electron chi connectivity index (χ1n) is 7.70. The maximum absolute atomic E-state index is 12.7. The summed E-state index contributed by atoms with van der Waals surface area (Å²) in [4.78, 5) is 16.3. The van der Waals surface area contributed by atoms with E-state index in [0.717, 1.165) is 57.2 Å². The zero-order valence-corrected chi connectivity index (χ0v) is 14.3. The van der Waals surface area contributed by atoms with Crippen molar-refractivity contribution in [3.8, 4) is 0 Å². The number of hydrogen-bond donors (Lipinski definition) is 0. The number of fused-ring (bicyclic) bond motifs is 2. The fourth-order valence-corrected chi connectivity index (χ4v) is 4.78. The molecule has 0 atom stereocenters. The van der Waals surface area contributed by atoms with Crippen molar-refractivity contribution in [2.45, 2.75) is 4.90 Å². The highest BCUT2D eigenvalue weighted by atomic mass is 32.2. The topological polar surface area (TPSA) is 29.5 Å². The number of nitrogens with zero attached hydrogens (tertiary/aromatic N) is 1. The smallest absolute Gasteiger partial charge is 0.195 e. The van der Waals surface area contributed by atoms with Crippen LogP contribution in [0.5, 0.6) is 0 Å². The van der Waals surface area contributed by atoms with Gasteiger partial charge in [0.15, 0.2) is 5.43 Å². The third kappa shape index (κ3) is 3.15. The molecule has 3 nitrogen and oxygen atoms in total. The van der Waals surface area contributed by atoms with Crippen LogP contribution in [0.25, 0.3) is 20.2 Å². The Morgan fingerprint density at radius 1 is 1.04 bits per heavy atom. The molecule has 0 aliphatic carbocycles. The molecule has 2 heterocycles. The number of rotatable bonds is 3. The van der Waals surface area contributed by atoms with Gasteiger partial charge >= 0.3 is 0 Å². The average Bonchev–Trinajstić information content (AvgIpc) is 2.61. The van der Waals surface area contributed by atoms with Crippen molar-refractivity contribution >= 4 is 43.3 Å². The van der Waals surface area contributed by atoms with Crippen LogP contribution in [0, 0.1) is 0 Å². The Hall–Kier alpha value is -1.40. The first-order valence-corrected chi connectivity index (χ1v) is 9.50. The van der Waals surface area contributed by atoms with Gasteiger partial charge in [-0.3, -0.25) is 9.69 Å². The molecule has 0 bridgehead atoms. The molecule has 0 unspecified atom stereocenters. The normalized spacial score (nSPS) is 16.2. The van der Waals surface area contributed by atoms with Crippen molar-refractivity contribution in [3.05, 3.63) is 52.7 Å². The van der Waals surface area contributed by atoms with Gasteiger partial charge in [0.25, 0.3) is 0 Å². The Labute approximate surface area is 142 Å². The van der Waals surface area contributed by atoms with Crippen LogP contribution in [0.1, 0.15) is 0 Å². The molecule has 0 N–H and O–H groups in total. The van der Waals surface area contributed by atoms with Crippen molar-refractivity contribution < 1.29 is 4.74 Å². The number of benzene rings is 2. The summed E-state index contributed by atoms with van der Waals surface area (Å²) in [7, 11) is 0. The van der Waals surface area contributed by atoms with Gasteiger partial charge in [-0.1, -0.05) is 12.1 Å². The summed E-state index contributed by atoms with van der Waals surface area (Å²) in [5.74, 6) is 0.945. The molecular weight excluding hydrogens is 326 g/mol. The lowest BCUT2D eigenvalue weighted by Gasteiger charge is -2.26. The molecule has 5 heteroatoms. The first kappa shape index (κ1) is 15.1. The van der Waals surface area contributed by atoms with Gasteiger partial charge in [-0.05, 0) is 30.3 Å². The third-order valence-corrected chi connectivity index (χ3v) is 6.30.